The Hall–Kier alpha value is -2.40. The number of fused-ring (bicyclic) bond motifs is 4. The minimum absolute atomic E-state index is 0.0475. The number of piperazine rings is 1. The Morgan fingerprint density at radius 3 is 2.84 bits per heavy atom. The molecule has 4 aliphatic heterocycles. The molecule has 2 N–H and O–H groups in total. The zero-order valence-corrected chi connectivity index (χ0v) is 18.9. The van der Waals surface area contributed by atoms with Gasteiger partial charge in [-0.05, 0) is 69.7 Å². The molecular formula is C26H31N3O2. The summed E-state index contributed by atoms with van der Waals surface area (Å²) >= 11 is 0. The quantitative estimate of drug-likeness (QED) is 0.576. The first-order valence-corrected chi connectivity index (χ1v) is 11.6. The first-order chi connectivity index (χ1) is 14.7. The molecule has 5 nitrogen and oxygen atoms in total. The van der Waals surface area contributed by atoms with Crippen LogP contribution < -0.4 is 5.32 Å². The Labute approximate surface area is 183 Å². The molecule has 1 aromatic carbocycles. The number of hydrogen-bond acceptors (Lipinski definition) is 3. The molecule has 5 aliphatic rings. The second kappa shape index (κ2) is 5.89. The van der Waals surface area contributed by atoms with Crippen LogP contribution in [0.3, 0.4) is 0 Å². The third kappa shape index (κ3) is 2.30. The Morgan fingerprint density at radius 1 is 1.26 bits per heavy atom. The van der Waals surface area contributed by atoms with E-state index in [0.29, 0.717) is 5.92 Å². The Balaban J connectivity index is 1.55. The molecule has 7 rings (SSSR count). The third-order valence-electron chi connectivity index (χ3n) is 8.73. The van der Waals surface area contributed by atoms with Crippen LogP contribution in [0.1, 0.15) is 68.6 Å². The SMILES string of the molecule is CC(C)=CC(=O)c1cccc2c3c([nH]c12)C(C)(C)C1CC24CCCN2CC1(C3)NC4=O. The first-order valence-electron chi connectivity index (χ1n) is 11.6. The zero-order chi connectivity index (χ0) is 21.8. The third-order valence-corrected chi connectivity index (χ3v) is 8.73. The van der Waals surface area contributed by atoms with Crippen molar-refractivity contribution in [1.29, 1.82) is 0 Å². The van der Waals surface area contributed by atoms with Crippen molar-refractivity contribution in [2.75, 3.05) is 13.1 Å². The lowest BCUT2D eigenvalue weighted by Crippen LogP contribution is -2.82. The average molecular weight is 418 g/mol. The number of hydrogen-bond donors (Lipinski definition) is 2. The number of amides is 1. The van der Waals surface area contributed by atoms with Gasteiger partial charge in [-0.25, -0.2) is 0 Å². The number of aromatic nitrogens is 1. The number of nitrogens with zero attached hydrogens (tertiary/aromatic N) is 1. The second-order valence-corrected chi connectivity index (χ2v) is 11.1. The van der Waals surface area contributed by atoms with Crippen molar-refractivity contribution in [3.8, 4) is 0 Å². The first kappa shape index (κ1) is 19.3. The highest BCUT2D eigenvalue weighted by molar-refractivity contribution is 6.13. The molecule has 2 aromatic rings. The number of nitrogens with one attached hydrogen (secondary N) is 2. The molecule has 1 amide bonds. The van der Waals surface area contributed by atoms with Crippen molar-refractivity contribution >= 4 is 22.6 Å². The normalized spacial score (nSPS) is 32.9. The number of H-pyrrole nitrogens is 1. The molecule has 31 heavy (non-hydrogen) atoms. The fourth-order valence-electron chi connectivity index (χ4n) is 7.41. The molecule has 1 aromatic heterocycles. The van der Waals surface area contributed by atoms with E-state index in [1.165, 1.54) is 11.3 Å². The number of carbonyl (C=O) groups is 2. The lowest BCUT2D eigenvalue weighted by Gasteiger charge is -2.65. The van der Waals surface area contributed by atoms with Crippen LogP contribution in [0.5, 0.6) is 0 Å². The minimum atomic E-state index is -0.308. The number of para-hydroxylation sites is 1. The maximum absolute atomic E-state index is 13.3. The van der Waals surface area contributed by atoms with Gasteiger partial charge in [0, 0.05) is 28.6 Å². The number of aromatic amines is 1. The smallest absolute Gasteiger partial charge is 0.241 e. The van der Waals surface area contributed by atoms with Crippen molar-refractivity contribution in [3.63, 3.8) is 0 Å². The predicted octanol–water partition coefficient (Wildman–Crippen LogP) is 3.87. The lowest BCUT2D eigenvalue weighted by atomic mass is 9.51. The zero-order valence-electron chi connectivity index (χ0n) is 18.9. The summed E-state index contributed by atoms with van der Waals surface area (Å²) in [5.74, 6) is 0.668. The van der Waals surface area contributed by atoms with Gasteiger partial charge in [0.25, 0.3) is 0 Å². The summed E-state index contributed by atoms with van der Waals surface area (Å²) in [6.07, 6.45) is 5.57. The highest BCUT2D eigenvalue weighted by atomic mass is 16.2. The van der Waals surface area contributed by atoms with E-state index in [2.05, 4.69) is 35.1 Å². The molecule has 3 unspecified atom stereocenters. The van der Waals surface area contributed by atoms with Crippen molar-refractivity contribution in [2.45, 2.75) is 69.9 Å². The van der Waals surface area contributed by atoms with Crippen molar-refractivity contribution in [1.82, 2.24) is 15.2 Å². The van der Waals surface area contributed by atoms with Crippen LogP contribution in [-0.2, 0) is 16.6 Å². The molecule has 5 heterocycles. The molecule has 4 saturated heterocycles. The Kier molecular flexibility index (Phi) is 3.66. The topological polar surface area (TPSA) is 65.2 Å². The Bertz CT molecular complexity index is 1180. The molecule has 1 aliphatic carbocycles. The van der Waals surface area contributed by atoms with E-state index < -0.39 is 0 Å². The van der Waals surface area contributed by atoms with Crippen molar-refractivity contribution in [3.05, 3.63) is 46.7 Å². The number of carbonyl (C=O) groups excluding carboxylic acids is 2. The highest BCUT2D eigenvalue weighted by Crippen LogP contribution is 2.58. The van der Waals surface area contributed by atoms with Gasteiger partial charge in [0.1, 0.15) is 5.54 Å². The fourth-order valence-corrected chi connectivity index (χ4v) is 7.41. The second-order valence-electron chi connectivity index (χ2n) is 11.1. The lowest BCUT2D eigenvalue weighted by molar-refractivity contribution is -0.160. The maximum Gasteiger partial charge on any atom is 0.241 e. The van der Waals surface area contributed by atoms with Gasteiger partial charge in [0.05, 0.1) is 11.1 Å². The van der Waals surface area contributed by atoms with Crippen LogP contribution in [0, 0.1) is 5.92 Å². The van der Waals surface area contributed by atoms with Crippen LogP contribution in [0.2, 0.25) is 0 Å². The average Bonchev–Trinajstić information content (AvgIpc) is 3.28. The van der Waals surface area contributed by atoms with Gasteiger partial charge < -0.3 is 10.3 Å². The van der Waals surface area contributed by atoms with E-state index in [1.807, 2.05) is 26.0 Å². The number of ketones is 1. The van der Waals surface area contributed by atoms with Gasteiger partial charge in [0.2, 0.25) is 5.91 Å². The monoisotopic (exact) mass is 417 g/mol. The van der Waals surface area contributed by atoms with E-state index in [9.17, 15) is 9.59 Å². The van der Waals surface area contributed by atoms with Crippen LogP contribution in [0.15, 0.2) is 29.8 Å². The summed E-state index contributed by atoms with van der Waals surface area (Å²) in [7, 11) is 0. The number of rotatable bonds is 2. The number of piperidine rings is 2. The number of benzene rings is 1. The van der Waals surface area contributed by atoms with Crippen LogP contribution in [0.25, 0.3) is 10.9 Å². The largest absolute Gasteiger partial charge is 0.357 e. The standard InChI is InChI=1S/C26H31N3O2/c1-15(2)11-19(30)17-8-5-7-16-18-12-25-14-29-10-6-9-26(29,23(31)28-25)13-20(25)24(3,4)22(18)27-21(16)17/h5,7-8,11,20,27H,6,9-10,12-14H2,1-4H3,(H,28,31). The molecule has 4 fully saturated rings. The van der Waals surface area contributed by atoms with E-state index in [4.69, 9.17) is 0 Å². The summed E-state index contributed by atoms with van der Waals surface area (Å²) in [6.45, 7) is 10.5. The molecule has 0 radical (unpaired) electrons. The van der Waals surface area contributed by atoms with Crippen molar-refractivity contribution in [2.24, 2.45) is 5.92 Å². The summed E-state index contributed by atoms with van der Waals surface area (Å²) < 4.78 is 0. The molecular weight excluding hydrogens is 386 g/mol. The van der Waals surface area contributed by atoms with Gasteiger partial charge in [0.15, 0.2) is 5.78 Å². The highest BCUT2D eigenvalue weighted by Gasteiger charge is 2.68. The van der Waals surface area contributed by atoms with Gasteiger partial charge >= 0.3 is 0 Å². The van der Waals surface area contributed by atoms with Gasteiger partial charge in [-0.1, -0.05) is 31.6 Å². The summed E-state index contributed by atoms with van der Waals surface area (Å²) in [5.41, 5.74) is 4.55. The van der Waals surface area contributed by atoms with Crippen LogP contribution in [-0.4, -0.2) is 45.7 Å². The molecule has 2 spiro atoms. The molecule has 5 heteroatoms. The molecule has 162 valence electrons. The Morgan fingerprint density at radius 2 is 2.06 bits per heavy atom. The van der Waals surface area contributed by atoms with E-state index in [1.54, 1.807) is 6.08 Å². The van der Waals surface area contributed by atoms with Gasteiger partial charge in [-0.3, -0.25) is 14.5 Å². The summed E-state index contributed by atoms with van der Waals surface area (Å²) in [4.78, 5) is 32.4. The molecule has 3 atom stereocenters. The molecule has 0 saturated carbocycles. The van der Waals surface area contributed by atoms with Crippen LogP contribution in [0.4, 0.5) is 0 Å². The summed E-state index contributed by atoms with van der Waals surface area (Å²) in [5, 5.41) is 4.66. The number of allylic oxidation sites excluding steroid dienone is 2. The molecule has 2 bridgehead atoms. The van der Waals surface area contributed by atoms with E-state index >= 15 is 0 Å². The fraction of sp³-hybridized carbons (Fsp3) is 0.538. The predicted molar refractivity (Wildman–Crippen MR) is 121 cm³/mol. The summed E-state index contributed by atoms with van der Waals surface area (Å²) in [6, 6.07) is 6.04. The minimum Gasteiger partial charge on any atom is -0.357 e. The van der Waals surface area contributed by atoms with Crippen molar-refractivity contribution < 1.29 is 9.59 Å². The van der Waals surface area contributed by atoms with Crippen LogP contribution >= 0.6 is 0 Å². The van der Waals surface area contributed by atoms with Gasteiger partial charge in [-0.15, -0.1) is 0 Å². The van der Waals surface area contributed by atoms with E-state index in [-0.39, 0.29) is 28.2 Å². The maximum atomic E-state index is 13.3. The van der Waals surface area contributed by atoms with Gasteiger partial charge in [-0.2, -0.15) is 0 Å². The van der Waals surface area contributed by atoms with E-state index in [0.717, 1.165) is 60.8 Å².